The van der Waals surface area contributed by atoms with Crippen LogP contribution in [0, 0.1) is 0 Å². The lowest BCUT2D eigenvalue weighted by Gasteiger charge is -2.03. The number of H-pyrrole nitrogens is 1. The largest absolute Gasteiger partial charge is 0.383 e. The van der Waals surface area contributed by atoms with Gasteiger partial charge in [0.25, 0.3) is 0 Å². The van der Waals surface area contributed by atoms with Crippen LogP contribution < -0.4 is 0 Å². The van der Waals surface area contributed by atoms with Gasteiger partial charge in [-0.2, -0.15) is 0 Å². The Hall–Kier alpha value is -2.10. The minimum Gasteiger partial charge on any atom is -0.383 e. The number of carbonyl (C=O) groups excluding carboxylic acids is 1. The van der Waals surface area contributed by atoms with Gasteiger partial charge in [0.2, 0.25) is 0 Å². The summed E-state index contributed by atoms with van der Waals surface area (Å²) in [5.74, 6) is -0.0132. The molecule has 2 heterocycles. The molecule has 0 aromatic carbocycles. The maximum atomic E-state index is 11.9. The highest BCUT2D eigenvalue weighted by Crippen LogP contribution is 2.15. The second kappa shape index (κ2) is 4.18. The minimum absolute atomic E-state index is 0.0132. The van der Waals surface area contributed by atoms with Crippen LogP contribution in [0.2, 0.25) is 0 Å². The van der Waals surface area contributed by atoms with Crippen LogP contribution in [-0.2, 0) is 0 Å². The average Bonchev–Trinajstić information content (AvgIpc) is 2.73. The van der Waals surface area contributed by atoms with Gasteiger partial charge in [0.15, 0.2) is 5.78 Å². The molecular weight excluding hydrogens is 202 g/mol. The quantitative estimate of drug-likeness (QED) is 0.627. The maximum absolute atomic E-state index is 11.9. The van der Waals surface area contributed by atoms with Gasteiger partial charge in [-0.05, 0) is 12.1 Å². The summed E-state index contributed by atoms with van der Waals surface area (Å²) in [5.41, 5.74) is 1.41. The van der Waals surface area contributed by atoms with E-state index in [1.165, 1.54) is 0 Å². The first-order valence-electron chi connectivity index (χ1n) is 4.99. The van der Waals surface area contributed by atoms with E-state index in [2.05, 4.69) is 9.97 Å². The molecule has 0 aliphatic carbocycles. The lowest BCUT2D eigenvalue weighted by atomic mass is 10.1. The number of hydrogen-bond acceptors (Lipinski definition) is 3. The molecule has 0 aliphatic rings. The third kappa shape index (κ3) is 1.95. The van der Waals surface area contributed by atoms with Gasteiger partial charge in [0.05, 0.1) is 0 Å². The van der Waals surface area contributed by atoms with Crippen molar-refractivity contribution in [3.63, 3.8) is 0 Å². The number of aromatic amines is 1. The Morgan fingerprint density at radius 2 is 2.25 bits per heavy atom. The second-order valence-electron chi connectivity index (χ2n) is 3.74. The predicted molar refractivity (Wildman–Crippen MR) is 63.3 cm³/mol. The van der Waals surface area contributed by atoms with Gasteiger partial charge in [0, 0.05) is 49.7 Å². The van der Waals surface area contributed by atoms with Crippen LogP contribution >= 0.6 is 0 Å². The van der Waals surface area contributed by atoms with E-state index in [1.54, 1.807) is 30.7 Å². The van der Waals surface area contributed by atoms with Crippen LogP contribution in [-0.4, -0.2) is 34.7 Å². The van der Waals surface area contributed by atoms with E-state index in [0.717, 1.165) is 11.0 Å². The molecule has 0 atom stereocenters. The van der Waals surface area contributed by atoms with Crippen molar-refractivity contribution in [2.24, 2.45) is 0 Å². The normalized spacial score (nSPS) is 11.1. The number of nitrogens with one attached hydrogen (secondary N) is 1. The molecule has 4 nitrogen and oxygen atoms in total. The van der Waals surface area contributed by atoms with E-state index in [0.29, 0.717) is 5.56 Å². The Morgan fingerprint density at radius 3 is 3.00 bits per heavy atom. The number of hydrogen-bond donors (Lipinski definition) is 1. The SMILES string of the molecule is CN(C)C=CC(=O)c1ccnc2[nH]ccc12. The van der Waals surface area contributed by atoms with Gasteiger partial charge >= 0.3 is 0 Å². The average molecular weight is 215 g/mol. The number of carbonyl (C=O) groups is 1. The van der Waals surface area contributed by atoms with Crippen LogP contribution in [0.1, 0.15) is 10.4 Å². The van der Waals surface area contributed by atoms with Crippen molar-refractivity contribution in [2.45, 2.75) is 0 Å². The summed E-state index contributed by atoms with van der Waals surface area (Å²) < 4.78 is 0. The van der Waals surface area contributed by atoms with Crippen molar-refractivity contribution in [1.82, 2.24) is 14.9 Å². The van der Waals surface area contributed by atoms with Crippen molar-refractivity contribution in [3.8, 4) is 0 Å². The van der Waals surface area contributed by atoms with Crippen LogP contribution in [0.3, 0.4) is 0 Å². The van der Waals surface area contributed by atoms with Crippen molar-refractivity contribution in [3.05, 3.63) is 42.4 Å². The van der Waals surface area contributed by atoms with Crippen molar-refractivity contribution >= 4 is 16.8 Å². The fourth-order valence-electron chi connectivity index (χ4n) is 1.48. The number of aromatic nitrogens is 2. The van der Waals surface area contributed by atoms with E-state index in [-0.39, 0.29) is 5.78 Å². The molecule has 0 fully saturated rings. The molecule has 0 bridgehead atoms. The third-order valence-corrected chi connectivity index (χ3v) is 2.25. The molecule has 82 valence electrons. The molecular formula is C12H13N3O. The van der Waals surface area contributed by atoms with Gasteiger partial charge in [0.1, 0.15) is 5.65 Å². The van der Waals surface area contributed by atoms with Crippen molar-refractivity contribution < 1.29 is 4.79 Å². The van der Waals surface area contributed by atoms with Gasteiger partial charge in [-0.25, -0.2) is 4.98 Å². The zero-order valence-electron chi connectivity index (χ0n) is 9.27. The zero-order valence-corrected chi connectivity index (χ0v) is 9.27. The molecule has 0 spiro atoms. The molecule has 16 heavy (non-hydrogen) atoms. The van der Waals surface area contributed by atoms with Gasteiger partial charge in [-0.3, -0.25) is 4.79 Å². The predicted octanol–water partition coefficient (Wildman–Crippen LogP) is 1.82. The Kier molecular flexibility index (Phi) is 2.72. The topological polar surface area (TPSA) is 49.0 Å². The lowest BCUT2D eigenvalue weighted by Crippen LogP contribution is -2.03. The first-order valence-corrected chi connectivity index (χ1v) is 4.99. The fourth-order valence-corrected chi connectivity index (χ4v) is 1.48. The monoisotopic (exact) mass is 215 g/mol. The molecule has 2 aromatic rings. The molecule has 4 heteroatoms. The highest BCUT2D eigenvalue weighted by Gasteiger charge is 2.07. The smallest absolute Gasteiger partial charge is 0.188 e. The summed E-state index contributed by atoms with van der Waals surface area (Å²) in [6.45, 7) is 0. The number of nitrogens with zero attached hydrogens (tertiary/aromatic N) is 2. The van der Waals surface area contributed by atoms with E-state index in [4.69, 9.17) is 0 Å². The van der Waals surface area contributed by atoms with Gasteiger partial charge in [-0.15, -0.1) is 0 Å². The van der Waals surface area contributed by atoms with E-state index >= 15 is 0 Å². The van der Waals surface area contributed by atoms with E-state index in [1.807, 2.05) is 25.1 Å². The van der Waals surface area contributed by atoms with Gasteiger partial charge in [-0.1, -0.05) is 0 Å². The van der Waals surface area contributed by atoms with Crippen molar-refractivity contribution in [2.75, 3.05) is 14.1 Å². The van der Waals surface area contributed by atoms with Crippen LogP contribution in [0.15, 0.2) is 36.8 Å². The molecule has 0 amide bonds. The standard InChI is InChI=1S/C12H13N3O/c1-15(2)8-5-11(16)9-3-6-13-12-10(9)4-7-14-12/h3-8H,1-2H3,(H,13,14). The number of ketones is 1. The number of allylic oxidation sites excluding steroid dienone is 1. The highest BCUT2D eigenvalue weighted by molar-refractivity contribution is 6.12. The van der Waals surface area contributed by atoms with Crippen LogP contribution in [0.25, 0.3) is 11.0 Å². The first kappa shape index (κ1) is 10.4. The molecule has 0 saturated carbocycles. The molecule has 0 saturated heterocycles. The number of pyridine rings is 1. The third-order valence-electron chi connectivity index (χ3n) is 2.25. The molecule has 1 N–H and O–H groups in total. The Labute approximate surface area is 93.6 Å². The summed E-state index contributed by atoms with van der Waals surface area (Å²) in [6.07, 6.45) is 6.71. The molecule has 2 aromatic heterocycles. The summed E-state index contributed by atoms with van der Waals surface area (Å²) in [7, 11) is 3.75. The summed E-state index contributed by atoms with van der Waals surface area (Å²) in [5, 5.41) is 0.857. The van der Waals surface area contributed by atoms with E-state index in [9.17, 15) is 4.79 Å². The highest BCUT2D eigenvalue weighted by atomic mass is 16.1. The second-order valence-corrected chi connectivity index (χ2v) is 3.74. The minimum atomic E-state index is -0.0132. The lowest BCUT2D eigenvalue weighted by molar-refractivity contribution is 0.104. The van der Waals surface area contributed by atoms with Crippen LogP contribution in [0.4, 0.5) is 0 Å². The Morgan fingerprint density at radius 1 is 1.44 bits per heavy atom. The summed E-state index contributed by atoms with van der Waals surface area (Å²) >= 11 is 0. The fraction of sp³-hybridized carbons (Fsp3) is 0.167. The zero-order chi connectivity index (χ0) is 11.5. The molecule has 0 radical (unpaired) electrons. The van der Waals surface area contributed by atoms with E-state index < -0.39 is 0 Å². The molecule has 2 rings (SSSR count). The van der Waals surface area contributed by atoms with Gasteiger partial charge < -0.3 is 9.88 Å². The first-order chi connectivity index (χ1) is 7.68. The Bertz CT molecular complexity index is 540. The maximum Gasteiger partial charge on any atom is 0.188 e. The van der Waals surface area contributed by atoms with Crippen molar-refractivity contribution in [1.29, 1.82) is 0 Å². The summed E-state index contributed by atoms with van der Waals surface area (Å²) in [4.78, 5) is 20.9. The van der Waals surface area contributed by atoms with Crippen LogP contribution in [0.5, 0.6) is 0 Å². The molecule has 0 unspecified atom stereocenters. The molecule has 0 aliphatic heterocycles. The summed E-state index contributed by atoms with van der Waals surface area (Å²) in [6, 6.07) is 3.59. The number of rotatable bonds is 3. The number of fused-ring (bicyclic) bond motifs is 1. The Balaban J connectivity index is 2.40.